The highest BCUT2D eigenvalue weighted by Crippen LogP contribution is 2.25. The summed E-state index contributed by atoms with van der Waals surface area (Å²) in [4.78, 5) is 12.3. The van der Waals surface area contributed by atoms with Crippen LogP contribution in [0.4, 0.5) is 5.69 Å². The molecule has 27 heavy (non-hydrogen) atoms. The number of fused-ring (bicyclic) bond motifs is 1. The molecule has 0 radical (unpaired) electrons. The molecule has 7 heteroatoms. The predicted octanol–water partition coefficient (Wildman–Crippen LogP) is 1.98. The molecule has 0 unspecified atom stereocenters. The number of aliphatic hydroxyl groups is 1. The average molecular weight is 386 g/mol. The first-order chi connectivity index (χ1) is 12.8. The minimum Gasteiger partial charge on any atom is -0.395 e. The molecule has 0 aliphatic heterocycles. The number of para-hydroxylation sites is 1. The Morgan fingerprint density at radius 1 is 1.11 bits per heavy atom. The van der Waals surface area contributed by atoms with Gasteiger partial charge in [0.15, 0.2) is 5.43 Å². The summed E-state index contributed by atoms with van der Waals surface area (Å²) in [5.41, 5.74) is 3.07. The molecule has 1 N–H and O–H groups in total. The van der Waals surface area contributed by atoms with E-state index in [1.54, 1.807) is 18.3 Å². The second-order valence-corrected chi connectivity index (χ2v) is 8.50. The van der Waals surface area contributed by atoms with E-state index in [1.807, 2.05) is 34.9 Å². The number of aromatic nitrogens is 1. The molecule has 1 heterocycles. The van der Waals surface area contributed by atoms with E-state index in [-0.39, 0.29) is 12.0 Å². The summed E-state index contributed by atoms with van der Waals surface area (Å²) in [6.45, 7) is 0.406. The topological polar surface area (TPSA) is 79.6 Å². The normalized spacial score (nSPS) is 11.7. The zero-order valence-corrected chi connectivity index (χ0v) is 16.1. The van der Waals surface area contributed by atoms with E-state index in [9.17, 15) is 18.3 Å². The van der Waals surface area contributed by atoms with Crippen molar-refractivity contribution in [1.82, 2.24) is 4.57 Å². The summed E-state index contributed by atoms with van der Waals surface area (Å²) >= 11 is 0. The third kappa shape index (κ3) is 4.04. The molecule has 142 valence electrons. The monoisotopic (exact) mass is 386 g/mol. The van der Waals surface area contributed by atoms with Crippen LogP contribution >= 0.6 is 0 Å². The van der Waals surface area contributed by atoms with Gasteiger partial charge in [-0.1, -0.05) is 24.3 Å². The van der Waals surface area contributed by atoms with Crippen molar-refractivity contribution in [1.29, 1.82) is 0 Å². The quantitative estimate of drug-likeness (QED) is 0.703. The smallest absolute Gasteiger partial charge is 0.232 e. The predicted molar refractivity (Wildman–Crippen MR) is 108 cm³/mol. The molecular formula is C20H22N2O4S. The fourth-order valence-corrected chi connectivity index (χ4v) is 3.67. The van der Waals surface area contributed by atoms with Gasteiger partial charge in [-0.25, -0.2) is 8.42 Å². The van der Waals surface area contributed by atoms with E-state index in [2.05, 4.69) is 0 Å². The summed E-state index contributed by atoms with van der Waals surface area (Å²) < 4.78 is 26.9. The second-order valence-electron chi connectivity index (χ2n) is 6.48. The fourth-order valence-electron chi connectivity index (χ4n) is 3.14. The van der Waals surface area contributed by atoms with Crippen LogP contribution in [0.2, 0.25) is 0 Å². The molecule has 0 atom stereocenters. The molecule has 6 nitrogen and oxygen atoms in total. The highest BCUT2D eigenvalue weighted by molar-refractivity contribution is 7.92. The maximum Gasteiger partial charge on any atom is 0.232 e. The van der Waals surface area contributed by atoms with Crippen molar-refractivity contribution in [2.45, 2.75) is 13.0 Å². The average Bonchev–Trinajstić information content (AvgIpc) is 2.63. The number of sulfonamides is 1. The summed E-state index contributed by atoms with van der Waals surface area (Å²) in [6.07, 6.45) is 3.35. The van der Waals surface area contributed by atoms with Gasteiger partial charge in [-0.15, -0.1) is 0 Å². The number of benzene rings is 2. The van der Waals surface area contributed by atoms with E-state index < -0.39 is 10.0 Å². The van der Waals surface area contributed by atoms with Crippen LogP contribution in [-0.4, -0.2) is 38.0 Å². The van der Waals surface area contributed by atoms with Gasteiger partial charge >= 0.3 is 0 Å². The lowest BCUT2D eigenvalue weighted by molar-refractivity contribution is 0.278. The van der Waals surface area contributed by atoms with Crippen LogP contribution in [-0.2, 0) is 23.0 Å². The largest absolute Gasteiger partial charge is 0.395 e. The summed E-state index contributed by atoms with van der Waals surface area (Å²) in [5, 5.41) is 9.77. The molecule has 0 saturated carbocycles. The second kappa shape index (κ2) is 7.54. The molecule has 0 bridgehead atoms. The summed E-state index contributed by atoms with van der Waals surface area (Å²) in [5.74, 6) is 0. The van der Waals surface area contributed by atoms with E-state index in [0.717, 1.165) is 16.6 Å². The molecule has 2 aromatic carbocycles. The zero-order chi connectivity index (χ0) is 19.6. The van der Waals surface area contributed by atoms with Crippen LogP contribution in [0, 0.1) is 0 Å². The van der Waals surface area contributed by atoms with Gasteiger partial charge in [0.25, 0.3) is 0 Å². The van der Waals surface area contributed by atoms with Crippen molar-refractivity contribution < 1.29 is 13.5 Å². The minimum absolute atomic E-state index is 0.00900. The fraction of sp³-hybridized carbons (Fsp3) is 0.250. The molecule has 0 spiro atoms. The van der Waals surface area contributed by atoms with Crippen LogP contribution in [0.1, 0.15) is 11.1 Å². The van der Waals surface area contributed by atoms with Gasteiger partial charge in [-0.2, -0.15) is 0 Å². The van der Waals surface area contributed by atoms with Crippen molar-refractivity contribution in [2.24, 2.45) is 0 Å². The lowest BCUT2D eigenvalue weighted by Gasteiger charge is -2.20. The Morgan fingerprint density at radius 2 is 1.85 bits per heavy atom. The van der Waals surface area contributed by atoms with E-state index in [0.29, 0.717) is 24.0 Å². The number of pyridine rings is 1. The van der Waals surface area contributed by atoms with Gasteiger partial charge < -0.3 is 9.67 Å². The summed E-state index contributed by atoms with van der Waals surface area (Å²) in [6, 6.07) is 14.4. The zero-order valence-electron chi connectivity index (χ0n) is 15.3. The first kappa shape index (κ1) is 19.1. The number of hydrogen-bond acceptors (Lipinski definition) is 4. The van der Waals surface area contributed by atoms with Gasteiger partial charge in [0.1, 0.15) is 0 Å². The Bertz CT molecular complexity index is 1140. The molecule has 0 aliphatic carbocycles. The van der Waals surface area contributed by atoms with Crippen molar-refractivity contribution in [3.8, 4) is 0 Å². The molecule has 3 rings (SSSR count). The van der Waals surface area contributed by atoms with Gasteiger partial charge in [-0.3, -0.25) is 9.10 Å². The number of rotatable bonds is 6. The third-order valence-corrected chi connectivity index (χ3v) is 5.80. The van der Waals surface area contributed by atoms with Crippen LogP contribution in [0.5, 0.6) is 0 Å². The first-order valence-corrected chi connectivity index (χ1v) is 10.4. The molecule has 3 aromatic rings. The number of anilines is 1. The van der Waals surface area contributed by atoms with Crippen LogP contribution in [0.15, 0.2) is 59.5 Å². The Hall–Kier alpha value is -2.64. The minimum atomic E-state index is -3.37. The van der Waals surface area contributed by atoms with Crippen molar-refractivity contribution in [2.75, 3.05) is 24.2 Å². The highest BCUT2D eigenvalue weighted by Gasteiger charge is 2.15. The van der Waals surface area contributed by atoms with Gasteiger partial charge in [0, 0.05) is 31.2 Å². The van der Waals surface area contributed by atoms with E-state index in [4.69, 9.17) is 0 Å². The molecule has 1 aromatic heterocycles. The van der Waals surface area contributed by atoms with Crippen molar-refractivity contribution >= 4 is 26.6 Å². The molecule has 0 aliphatic rings. The number of hydrogen-bond donors (Lipinski definition) is 1. The van der Waals surface area contributed by atoms with Crippen LogP contribution in [0.3, 0.4) is 0 Å². The Balaban J connectivity index is 2.04. The first-order valence-electron chi connectivity index (χ1n) is 8.56. The molecule has 0 amide bonds. The Labute approximate surface area is 158 Å². The molecule has 0 saturated heterocycles. The van der Waals surface area contributed by atoms with E-state index in [1.165, 1.54) is 23.7 Å². The van der Waals surface area contributed by atoms with Gasteiger partial charge in [0.2, 0.25) is 10.0 Å². The van der Waals surface area contributed by atoms with Crippen LogP contribution in [0.25, 0.3) is 10.9 Å². The Kier molecular flexibility index (Phi) is 5.34. The SMILES string of the molecule is CN(c1ccccc1Cc1ccc2c(c1)c(=O)ccn2CCO)S(C)(=O)=O. The van der Waals surface area contributed by atoms with Gasteiger partial charge in [0.05, 0.1) is 24.1 Å². The van der Waals surface area contributed by atoms with E-state index >= 15 is 0 Å². The lowest BCUT2D eigenvalue weighted by atomic mass is 10.0. The number of aliphatic hydroxyl groups excluding tert-OH is 1. The lowest BCUT2D eigenvalue weighted by Crippen LogP contribution is -2.25. The number of nitrogens with zero attached hydrogens (tertiary/aromatic N) is 2. The molecule has 0 fully saturated rings. The van der Waals surface area contributed by atoms with Gasteiger partial charge in [-0.05, 0) is 35.7 Å². The maximum atomic E-state index is 12.3. The molecular weight excluding hydrogens is 364 g/mol. The van der Waals surface area contributed by atoms with Crippen LogP contribution < -0.4 is 9.73 Å². The summed E-state index contributed by atoms with van der Waals surface area (Å²) in [7, 11) is -1.84. The highest BCUT2D eigenvalue weighted by atomic mass is 32.2. The van der Waals surface area contributed by atoms with Crippen molar-refractivity contribution in [3.05, 3.63) is 76.1 Å². The Morgan fingerprint density at radius 3 is 2.56 bits per heavy atom. The maximum absolute atomic E-state index is 12.3. The standard InChI is InChI=1S/C20H22N2O4S/c1-21(27(2,25)26)18-6-4-3-5-16(18)13-15-7-8-19-17(14-15)20(24)9-10-22(19)11-12-23/h3-10,14,23H,11-13H2,1-2H3. The third-order valence-electron chi connectivity index (χ3n) is 4.61. The van der Waals surface area contributed by atoms with Crippen molar-refractivity contribution in [3.63, 3.8) is 0 Å².